The molecule has 1 aromatic heterocycles. The van der Waals surface area contributed by atoms with Crippen LogP contribution in [0, 0.1) is 0 Å². The van der Waals surface area contributed by atoms with Crippen LogP contribution >= 0.6 is 15.9 Å². The normalized spacial score (nSPS) is 15.6. The number of nitrogens with zero attached hydrogens (tertiary/aromatic N) is 1. The van der Waals surface area contributed by atoms with Crippen LogP contribution in [-0.4, -0.2) is 17.1 Å². The molecule has 5 nitrogen and oxygen atoms in total. The summed E-state index contributed by atoms with van der Waals surface area (Å²) in [5.74, 6) is 0.695. The molecule has 6 heteroatoms. The third-order valence-corrected chi connectivity index (χ3v) is 6.02. The van der Waals surface area contributed by atoms with Gasteiger partial charge in [0.1, 0.15) is 12.3 Å². The second-order valence-electron chi connectivity index (χ2n) is 7.39. The molecule has 0 saturated carbocycles. The van der Waals surface area contributed by atoms with E-state index in [2.05, 4.69) is 21.2 Å². The number of hydrogen-bond acceptors (Lipinski definition) is 3. The van der Waals surface area contributed by atoms with Gasteiger partial charge < -0.3 is 14.6 Å². The van der Waals surface area contributed by atoms with Crippen molar-refractivity contribution in [1.29, 1.82) is 0 Å². The number of para-hydroxylation sites is 2. The lowest BCUT2D eigenvalue weighted by molar-refractivity contribution is -0.122. The van der Waals surface area contributed by atoms with Crippen LogP contribution in [0.3, 0.4) is 0 Å². The highest BCUT2D eigenvalue weighted by atomic mass is 79.9. The molecule has 0 bridgehead atoms. The predicted molar refractivity (Wildman–Crippen MR) is 121 cm³/mol. The lowest BCUT2D eigenvalue weighted by Crippen LogP contribution is -2.34. The van der Waals surface area contributed by atoms with Crippen LogP contribution in [0.2, 0.25) is 0 Å². The van der Waals surface area contributed by atoms with Crippen LogP contribution in [0.15, 0.2) is 76.0 Å². The molecule has 3 aromatic carbocycles. The Balaban J connectivity index is 1.52. The summed E-state index contributed by atoms with van der Waals surface area (Å²) in [7, 11) is 0. The highest BCUT2D eigenvalue weighted by Gasteiger charge is 2.24. The molecule has 1 aliphatic heterocycles. The van der Waals surface area contributed by atoms with Gasteiger partial charge in [0, 0.05) is 27.2 Å². The van der Waals surface area contributed by atoms with Crippen molar-refractivity contribution in [2.75, 3.05) is 6.61 Å². The molecule has 1 N–H and O–H groups in total. The molecule has 0 fully saturated rings. The Morgan fingerprint density at radius 1 is 1.03 bits per heavy atom. The molecule has 30 heavy (non-hydrogen) atoms. The van der Waals surface area contributed by atoms with E-state index in [4.69, 9.17) is 4.74 Å². The van der Waals surface area contributed by atoms with Crippen LogP contribution in [0.5, 0.6) is 5.75 Å². The molecular formula is C24H19BrN2O3. The van der Waals surface area contributed by atoms with E-state index in [0.717, 1.165) is 26.8 Å². The number of halogens is 1. The number of ether oxygens (including phenoxy) is 1. The number of rotatable bonds is 3. The lowest BCUT2D eigenvalue weighted by atomic mass is 10.0. The maximum absolute atomic E-state index is 13.1. The monoisotopic (exact) mass is 462 g/mol. The van der Waals surface area contributed by atoms with E-state index < -0.39 is 0 Å². The van der Waals surface area contributed by atoms with Gasteiger partial charge in [-0.1, -0.05) is 40.2 Å². The molecule has 1 amide bonds. The minimum absolute atomic E-state index is 0.0129. The second-order valence-corrected chi connectivity index (χ2v) is 8.30. The van der Waals surface area contributed by atoms with E-state index in [1.165, 1.54) is 0 Å². The molecule has 1 atom stereocenters. The highest BCUT2D eigenvalue weighted by Crippen LogP contribution is 2.34. The summed E-state index contributed by atoms with van der Waals surface area (Å²) in [6.07, 6.45) is 0.709. The summed E-state index contributed by atoms with van der Waals surface area (Å²) >= 11 is 3.50. The second kappa shape index (κ2) is 7.61. The van der Waals surface area contributed by atoms with E-state index >= 15 is 0 Å². The maximum atomic E-state index is 13.1. The van der Waals surface area contributed by atoms with Gasteiger partial charge in [-0.05, 0) is 42.5 Å². The molecule has 0 spiro atoms. The topological polar surface area (TPSA) is 60.3 Å². The minimum Gasteiger partial charge on any atom is -0.493 e. The zero-order valence-corrected chi connectivity index (χ0v) is 17.7. The van der Waals surface area contributed by atoms with E-state index in [9.17, 15) is 9.59 Å². The Bertz CT molecular complexity index is 1290. The number of carbonyl (C=O) groups is 1. The van der Waals surface area contributed by atoms with Gasteiger partial charge in [0.15, 0.2) is 5.43 Å². The van der Waals surface area contributed by atoms with Crippen molar-refractivity contribution < 1.29 is 9.53 Å². The smallest absolute Gasteiger partial charge is 0.240 e. The van der Waals surface area contributed by atoms with Crippen molar-refractivity contribution in [1.82, 2.24) is 9.88 Å². The number of benzene rings is 3. The number of amides is 1. The minimum atomic E-state index is -0.115. The quantitative estimate of drug-likeness (QED) is 0.454. The fourth-order valence-corrected chi connectivity index (χ4v) is 4.52. The third kappa shape index (κ3) is 3.27. The van der Waals surface area contributed by atoms with Gasteiger partial charge in [0.25, 0.3) is 0 Å². The third-order valence-electron chi connectivity index (χ3n) is 5.53. The molecule has 0 radical (unpaired) electrons. The van der Waals surface area contributed by atoms with Gasteiger partial charge in [0.2, 0.25) is 5.91 Å². The molecule has 150 valence electrons. The van der Waals surface area contributed by atoms with Gasteiger partial charge in [-0.15, -0.1) is 0 Å². The summed E-state index contributed by atoms with van der Waals surface area (Å²) in [5, 5.41) is 4.39. The first-order chi connectivity index (χ1) is 14.6. The molecule has 1 unspecified atom stereocenters. The van der Waals surface area contributed by atoms with Crippen LogP contribution in [0.1, 0.15) is 18.0 Å². The van der Waals surface area contributed by atoms with Crippen molar-refractivity contribution in [3.8, 4) is 5.75 Å². The van der Waals surface area contributed by atoms with Gasteiger partial charge in [-0.3, -0.25) is 9.59 Å². The molecule has 0 aliphatic carbocycles. The Hall–Kier alpha value is -3.12. The van der Waals surface area contributed by atoms with Crippen molar-refractivity contribution >= 4 is 43.6 Å². The first-order valence-electron chi connectivity index (χ1n) is 9.84. The Morgan fingerprint density at radius 3 is 2.40 bits per heavy atom. The number of pyridine rings is 1. The summed E-state index contributed by atoms with van der Waals surface area (Å²) in [6.45, 7) is 0.686. The number of fused-ring (bicyclic) bond motifs is 3. The zero-order valence-electron chi connectivity index (χ0n) is 16.1. The first kappa shape index (κ1) is 18.9. The Morgan fingerprint density at radius 2 is 1.70 bits per heavy atom. The number of aromatic nitrogens is 1. The highest BCUT2D eigenvalue weighted by molar-refractivity contribution is 9.10. The van der Waals surface area contributed by atoms with Crippen LogP contribution in [0.4, 0.5) is 0 Å². The molecule has 4 aromatic rings. The van der Waals surface area contributed by atoms with Crippen LogP contribution < -0.4 is 15.5 Å². The number of nitrogens with one attached hydrogen (secondary N) is 1. The van der Waals surface area contributed by atoms with Crippen molar-refractivity contribution in [2.45, 2.75) is 19.0 Å². The molecule has 1 aliphatic rings. The first-order valence-corrected chi connectivity index (χ1v) is 10.6. The molecule has 5 rings (SSSR count). The van der Waals surface area contributed by atoms with E-state index in [0.29, 0.717) is 23.8 Å². The molecular weight excluding hydrogens is 444 g/mol. The fraction of sp³-hybridized carbons (Fsp3) is 0.167. The largest absolute Gasteiger partial charge is 0.493 e. The van der Waals surface area contributed by atoms with Crippen molar-refractivity contribution in [3.05, 3.63) is 87.0 Å². The van der Waals surface area contributed by atoms with Gasteiger partial charge >= 0.3 is 0 Å². The summed E-state index contributed by atoms with van der Waals surface area (Å²) in [4.78, 5) is 26.0. The van der Waals surface area contributed by atoms with Gasteiger partial charge in [0.05, 0.1) is 23.7 Å². The fourth-order valence-electron chi connectivity index (χ4n) is 4.15. The predicted octanol–water partition coefficient (Wildman–Crippen LogP) is 4.56. The van der Waals surface area contributed by atoms with Gasteiger partial charge in [-0.25, -0.2) is 0 Å². The molecule has 0 saturated heterocycles. The average molecular weight is 463 g/mol. The number of carbonyl (C=O) groups excluding carboxylic acids is 1. The SMILES string of the molecule is O=C(Cn1c2ccccc2c(=O)c2ccccc21)NC1CCOc2ccc(Br)cc21. The van der Waals surface area contributed by atoms with Gasteiger partial charge in [-0.2, -0.15) is 0 Å². The van der Waals surface area contributed by atoms with E-state index in [1.54, 1.807) is 0 Å². The van der Waals surface area contributed by atoms with E-state index in [1.807, 2.05) is 71.3 Å². The number of hydrogen-bond donors (Lipinski definition) is 1. The Kier molecular flexibility index (Phi) is 4.79. The summed E-state index contributed by atoms with van der Waals surface area (Å²) < 4.78 is 8.59. The molecule has 2 heterocycles. The summed E-state index contributed by atoms with van der Waals surface area (Å²) in [5.41, 5.74) is 2.47. The van der Waals surface area contributed by atoms with Crippen molar-refractivity contribution in [3.63, 3.8) is 0 Å². The van der Waals surface area contributed by atoms with Crippen molar-refractivity contribution in [2.24, 2.45) is 0 Å². The lowest BCUT2D eigenvalue weighted by Gasteiger charge is -2.27. The maximum Gasteiger partial charge on any atom is 0.240 e. The average Bonchev–Trinajstić information content (AvgIpc) is 2.77. The van der Waals surface area contributed by atoms with Crippen LogP contribution in [0.25, 0.3) is 21.8 Å². The Labute approximate surface area is 181 Å². The van der Waals surface area contributed by atoms with Crippen LogP contribution in [-0.2, 0) is 11.3 Å². The van der Waals surface area contributed by atoms with E-state index in [-0.39, 0.29) is 23.9 Å². The zero-order chi connectivity index (χ0) is 20.7. The summed E-state index contributed by atoms with van der Waals surface area (Å²) in [6, 6.07) is 20.6. The standard InChI is InChI=1S/C24H19BrN2O3/c25-15-9-10-22-18(13-15)19(11-12-30-22)26-23(28)14-27-20-7-3-1-5-16(20)24(29)17-6-2-4-8-21(17)27/h1-10,13,19H,11-12,14H2,(H,26,28).